The van der Waals surface area contributed by atoms with Crippen molar-refractivity contribution in [3.8, 4) is 5.75 Å². The van der Waals surface area contributed by atoms with Crippen LogP contribution in [0, 0.1) is 0 Å². The van der Waals surface area contributed by atoms with Crippen LogP contribution in [0.3, 0.4) is 0 Å². The number of benzene rings is 1. The normalized spacial score (nSPS) is 19.6. The highest BCUT2D eigenvalue weighted by Crippen LogP contribution is 2.22. The van der Waals surface area contributed by atoms with Gasteiger partial charge in [-0.25, -0.2) is 4.79 Å². The summed E-state index contributed by atoms with van der Waals surface area (Å²) < 4.78 is 15.4. The fraction of sp³-hybridized carbons (Fsp3) is 0.591. The van der Waals surface area contributed by atoms with Crippen LogP contribution in [-0.2, 0) is 14.3 Å². The molecule has 1 heterocycles. The molecule has 1 fully saturated rings. The standard InChI is InChI=1S/C22H32N2O8/c1-14(25)16-11-15(8-9-19(16)30-13-29-5)20(27)23-17-12-24(10-6-7-18(17)26)32-21(28)31-22(2,3)4/h8-9,11,17-18,26H,6-7,10,12-13H2,1-5H3,(H,23,27)/t17-,18-/m1/s1. The molecule has 32 heavy (non-hydrogen) atoms. The number of hydrogen-bond donors (Lipinski definition) is 2. The molecule has 2 rings (SSSR count). The van der Waals surface area contributed by atoms with E-state index in [1.807, 2.05) is 0 Å². The molecule has 2 N–H and O–H groups in total. The van der Waals surface area contributed by atoms with Gasteiger partial charge in [-0.05, 0) is 58.7 Å². The first kappa shape index (κ1) is 25.6. The molecule has 0 unspecified atom stereocenters. The Morgan fingerprint density at radius 3 is 2.59 bits per heavy atom. The molecule has 1 saturated heterocycles. The first-order valence-electron chi connectivity index (χ1n) is 10.4. The third-order valence-electron chi connectivity index (χ3n) is 4.64. The summed E-state index contributed by atoms with van der Waals surface area (Å²) in [6.45, 7) is 6.99. The van der Waals surface area contributed by atoms with Crippen molar-refractivity contribution >= 4 is 17.8 Å². The van der Waals surface area contributed by atoms with Crippen LogP contribution in [0.1, 0.15) is 61.3 Å². The minimum absolute atomic E-state index is 0.0342. The van der Waals surface area contributed by atoms with Gasteiger partial charge in [0.1, 0.15) is 11.4 Å². The van der Waals surface area contributed by atoms with E-state index in [-0.39, 0.29) is 30.2 Å². The van der Waals surface area contributed by atoms with Crippen molar-refractivity contribution in [3.05, 3.63) is 29.3 Å². The Bertz CT molecular complexity index is 821. The topological polar surface area (TPSA) is 124 Å². The lowest BCUT2D eigenvalue weighted by molar-refractivity contribution is -0.144. The van der Waals surface area contributed by atoms with Crippen molar-refractivity contribution in [3.63, 3.8) is 0 Å². The monoisotopic (exact) mass is 452 g/mol. The van der Waals surface area contributed by atoms with Gasteiger partial charge in [-0.1, -0.05) is 0 Å². The van der Waals surface area contributed by atoms with Gasteiger partial charge in [0, 0.05) is 19.2 Å². The Labute approximate surface area is 187 Å². The summed E-state index contributed by atoms with van der Waals surface area (Å²) in [4.78, 5) is 42.1. The Morgan fingerprint density at radius 2 is 1.97 bits per heavy atom. The molecular weight excluding hydrogens is 420 g/mol. The van der Waals surface area contributed by atoms with Crippen LogP contribution in [-0.4, -0.2) is 72.8 Å². The maximum Gasteiger partial charge on any atom is 0.528 e. The molecule has 0 bridgehead atoms. The van der Waals surface area contributed by atoms with E-state index in [2.05, 4.69) is 5.32 Å². The lowest BCUT2D eigenvalue weighted by atomic mass is 10.0. The van der Waals surface area contributed by atoms with Gasteiger partial charge in [0.05, 0.1) is 24.3 Å². The second-order valence-electron chi connectivity index (χ2n) is 8.55. The van der Waals surface area contributed by atoms with Gasteiger partial charge >= 0.3 is 6.16 Å². The maximum atomic E-state index is 12.8. The van der Waals surface area contributed by atoms with Gasteiger partial charge < -0.3 is 29.5 Å². The number of Topliss-reactive ketones (excluding diaryl/α,β-unsaturated/α-hetero) is 1. The molecule has 0 spiro atoms. The summed E-state index contributed by atoms with van der Waals surface area (Å²) in [6.07, 6.45) is -0.697. The molecule has 1 aliphatic heterocycles. The van der Waals surface area contributed by atoms with Crippen LogP contribution in [0.4, 0.5) is 4.79 Å². The summed E-state index contributed by atoms with van der Waals surface area (Å²) >= 11 is 0. The van der Waals surface area contributed by atoms with E-state index in [4.69, 9.17) is 19.0 Å². The molecule has 0 aromatic heterocycles. The van der Waals surface area contributed by atoms with Crippen molar-refractivity contribution in [2.24, 2.45) is 0 Å². The van der Waals surface area contributed by atoms with Crippen LogP contribution >= 0.6 is 0 Å². The minimum atomic E-state index is -0.850. The summed E-state index contributed by atoms with van der Waals surface area (Å²) in [7, 11) is 1.46. The molecule has 1 aliphatic rings. The van der Waals surface area contributed by atoms with Crippen LogP contribution < -0.4 is 10.1 Å². The van der Waals surface area contributed by atoms with E-state index in [0.29, 0.717) is 25.1 Å². The summed E-state index contributed by atoms with van der Waals surface area (Å²) in [5, 5.41) is 14.6. The number of methoxy groups -OCH3 is 1. The van der Waals surface area contributed by atoms with E-state index in [9.17, 15) is 19.5 Å². The lowest BCUT2D eigenvalue weighted by Gasteiger charge is -2.27. The van der Waals surface area contributed by atoms with Gasteiger partial charge in [0.25, 0.3) is 5.91 Å². The van der Waals surface area contributed by atoms with Gasteiger partial charge in [-0.15, -0.1) is 5.06 Å². The highest BCUT2D eigenvalue weighted by Gasteiger charge is 2.30. The molecule has 1 amide bonds. The predicted octanol–water partition coefficient (Wildman–Crippen LogP) is 2.29. The highest BCUT2D eigenvalue weighted by molar-refractivity contribution is 6.01. The molecule has 1 aromatic rings. The largest absolute Gasteiger partial charge is 0.528 e. The molecule has 1 aromatic carbocycles. The van der Waals surface area contributed by atoms with E-state index >= 15 is 0 Å². The number of ether oxygens (including phenoxy) is 3. The Kier molecular flexibility index (Phi) is 8.99. The maximum absolute atomic E-state index is 12.8. The number of carbonyl (C=O) groups is 3. The number of amides is 1. The smallest absolute Gasteiger partial charge is 0.467 e. The van der Waals surface area contributed by atoms with E-state index < -0.39 is 29.8 Å². The van der Waals surface area contributed by atoms with Gasteiger partial charge in [-0.3, -0.25) is 9.59 Å². The summed E-state index contributed by atoms with van der Waals surface area (Å²) in [5.74, 6) is -0.437. The van der Waals surface area contributed by atoms with Gasteiger partial charge in [0.2, 0.25) is 0 Å². The predicted molar refractivity (Wildman–Crippen MR) is 114 cm³/mol. The average Bonchev–Trinajstić information content (AvgIpc) is 2.85. The molecule has 10 nitrogen and oxygen atoms in total. The Hall–Kier alpha value is -2.69. The minimum Gasteiger partial charge on any atom is -0.467 e. The fourth-order valence-electron chi connectivity index (χ4n) is 3.16. The highest BCUT2D eigenvalue weighted by atomic mass is 16.8. The second kappa shape index (κ2) is 11.3. The number of hydroxylamine groups is 2. The number of carbonyl (C=O) groups excluding carboxylic acids is 3. The molecule has 10 heteroatoms. The van der Waals surface area contributed by atoms with Crippen LogP contribution in [0.25, 0.3) is 0 Å². The van der Waals surface area contributed by atoms with Crippen molar-refractivity contribution in [1.82, 2.24) is 10.4 Å². The average molecular weight is 453 g/mol. The number of aliphatic hydroxyl groups excluding tert-OH is 1. The molecule has 0 radical (unpaired) electrons. The van der Waals surface area contributed by atoms with E-state index in [1.54, 1.807) is 20.8 Å². The van der Waals surface area contributed by atoms with Crippen molar-refractivity contribution in [2.45, 2.75) is 58.3 Å². The first-order valence-corrected chi connectivity index (χ1v) is 10.4. The number of hydrogen-bond acceptors (Lipinski definition) is 9. The Balaban J connectivity index is 2.10. The number of nitrogens with zero attached hydrogens (tertiary/aromatic N) is 1. The molecule has 178 valence electrons. The van der Waals surface area contributed by atoms with Crippen LogP contribution in [0.15, 0.2) is 18.2 Å². The number of nitrogens with one attached hydrogen (secondary N) is 1. The zero-order valence-electron chi connectivity index (χ0n) is 19.2. The first-order chi connectivity index (χ1) is 15.0. The fourth-order valence-corrected chi connectivity index (χ4v) is 3.16. The van der Waals surface area contributed by atoms with Crippen molar-refractivity contribution in [2.75, 3.05) is 27.0 Å². The summed E-state index contributed by atoms with van der Waals surface area (Å²) in [6, 6.07) is 3.77. The van der Waals surface area contributed by atoms with E-state index in [1.165, 1.54) is 37.3 Å². The van der Waals surface area contributed by atoms with Gasteiger partial charge in [-0.2, -0.15) is 0 Å². The van der Waals surface area contributed by atoms with Gasteiger partial charge in [0.15, 0.2) is 12.6 Å². The summed E-state index contributed by atoms with van der Waals surface area (Å²) in [5.41, 5.74) is -0.231. The quantitative estimate of drug-likeness (QED) is 0.364. The zero-order chi connectivity index (χ0) is 23.9. The number of rotatable bonds is 7. The SMILES string of the molecule is COCOc1ccc(C(=O)N[C@@H]2CN(OC(=O)OC(C)(C)C)CCC[C@H]2O)cc1C(C)=O. The number of ketones is 1. The molecule has 0 saturated carbocycles. The molecular formula is C22H32N2O8. The third-order valence-corrected chi connectivity index (χ3v) is 4.64. The third kappa shape index (κ3) is 7.77. The number of aliphatic hydroxyl groups is 1. The second-order valence-corrected chi connectivity index (χ2v) is 8.55. The lowest BCUT2D eigenvalue weighted by Crippen LogP contribution is -2.49. The van der Waals surface area contributed by atoms with Crippen molar-refractivity contribution < 1.29 is 38.5 Å². The Morgan fingerprint density at radius 1 is 1.25 bits per heavy atom. The van der Waals surface area contributed by atoms with Crippen LogP contribution in [0.5, 0.6) is 5.75 Å². The zero-order valence-corrected chi connectivity index (χ0v) is 19.2. The molecule has 0 aliphatic carbocycles. The van der Waals surface area contributed by atoms with Crippen LogP contribution in [0.2, 0.25) is 0 Å². The van der Waals surface area contributed by atoms with E-state index in [0.717, 1.165) is 0 Å². The van der Waals surface area contributed by atoms with Crippen molar-refractivity contribution in [1.29, 1.82) is 0 Å². The molecule has 2 atom stereocenters.